The summed E-state index contributed by atoms with van der Waals surface area (Å²) in [6, 6.07) is 0. The molecule has 1 amide bonds. The lowest BCUT2D eigenvalue weighted by Gasteiger charge is -2.15. The highest BCUT2D eigenvalue weighted by atomic mass is 16.1. The number of amides is 1. The molecule has 0 saturated carbocycles. The topological polar surface area (TPSA) is 41.5 Å². The van der Waals surface area contributed by atoms with Gasteiger partial charge in [0.25, 0.3) is 0 Å². The van der Waals surface area contributed by atoms with E-state index < -0.39 is 0 Å². The Kier molecular flexibility index (Phi) is 1.78. The zero-order valence-electron chi connectivity index (χ0n) is 6.71. The Balaban J connectivity index is 2.29. The molecule has 0 aromatic rings. The van der Waals surface area contributed by atoms with E-state index in [1.807, 2.05) is 6.08 Å². The van der Waals surface area contributed by atoms with Crippen molar-refractivity contribution < 1.29 is 4.79 Å². The number of carbonyl (C=O) groups excluding carboxylic acids is 1. The van der Waals surface area contributed by atoms with Crippen LogP contribution in [0.1, 0.15) is 19.3 Å². The fourth-order valence-corrected chi connectivity index (χ4v) is 1.38. The van der Waals surface area contributed by atoms with Crippen molar-refractivity contribution in [3.8, 4) is 0 Å². The number of nitrogens with one attached hydrogen (secondary N) is 1. The molecule has 0 saturated heterocycles. The molecule has 0 aromatic carbocycles. The molecule has 3 heteroatoms. The third kappa shape index (κ3) is 1.30. The van der Waals surface area contributed by atoms with Crippen molar-refractivity contribution in [2.45, 2.75) is 19.3 Å². The first-order chi connectivity index (χ1) is 5.86. The molecule has 0 radical (unpaired) electrons. The van der Waals surface area contributed by atoms with Crippen LogP contribution in [0.5, 0.6) is 0 Å². The predicted molar refractivity (Wildman–Crippen MR) is 46.7 cm³/mol. The second-order valence-electron chi connectivity index (χ2n) is 2.91. The third-order valence-electron chi connectivity index (χ3n) is 2.04. The largest absolute Gasteiger partial charge is 0.311 e. The van der Waals surface area contributed by atoms with Gasteiger partial charge in [-0.05, 0) is 24.5 Å². The minimum absolute atomic E-state index is 0.0767. The number of nitrogens with zero attached hydrogens (tertiary/aromatic N) is 1. The van der Waals surface area contributed by atoms with E-state index in [0.717, 1.165) is 18.7 Å². The lowest BCUT2D eigenvalue weighted by atomic mass is 10.0. The van der Waals surface area contributed by atoms with E-state index in [0.29, 0.717) is 6.42 Å². The standard InChI is InChI=1S/C9H10N2O/c12-8-5-4-7-3-1-2-6-10-9(7)11-8/h1-2,6H,3-5H2,(H,11,12). The van der Waals surface area contributed by atoms with Crippen LogP contribution in [0.15, 0.2) is 28.5 Å². The van der Waals surface area contributed by atoms with Crippen LogP contribution in [0.25, 0.3) is 0 Å². The molecular weight excluding hydrogens is 152 g/mol. The molecule has 2 heterocycles. The second kappa shape index (κ2) is 2.93. The molecule has 1 N–H and O–H groups in total. The Morgan fingerprint density at radius 1 is 1.42 bits per heavy atom. The maximum Gasteiger partial charge on any atom is 0.225 e. The Labute approximate surface area is 70.9 Å². The van der Waals surface area contributed by atoms with E-state index in [9.17, 15) is 4.79 Å². The van der Waals surface area contributed by atoms with Gasteiger partial charge in [0.15, 0.2) is 0 Å². The summed E-state index contributed by atoms with van der Waals surface area (Å²) >= 11 is 0. The van der Waals surface area contributed by atoms with E-state index in [1.165, 1.54) is 5.57 Å². The molecule has 0 aliphatic carbocycles. The molecular formula is C9H10N2O. The molecule has 2 aliphatic rings. The number of carbonyl (C=O) groups is 1. The number of hydrogen-bond donors (Lipinski definition) is 1. The van der Waals surface area contributed by atoms with Crippen molar-refractivity contribution in [2.75, 3.05) is 0 Å². The van der Waals surface area contributed by atoms with E-state index in [1.54, 1.807) is 6.21 Å². The second-order valence-corrected chi connectivity index (χ2v) is 2.91. The summed E-state index contributed by atoms with van der Waals surface area (Å²) in [6.45, 7) is 0. The van der Waals surface area contributed by atoms with Gasteiger partial charge in [-0.25, -0.2) is 4.99 Å². The molecule has 62 valence electrons. The van der Waals surface area contributed by atoms with Gasteiger partial charge in [-0.1, -0.05) is 6.08 Å². The van der Waals surface area contributed by atoms with Gasteiger partial charge >= 0.3 is 0 Å². The van der Waals surface area contributed by atoms with Crippen LogP contribution in [0.2, 0.25) is 0 Å². The van der Waals surface area contributed by atoms with Gasteiger partial charge in [0, 0.05) is 12.6 Å². The molecule has 2 rings (SSSR count). The summed E-state index contributed by atoms with van der Waals surface area (Å²) in [5.41, 5.74) is 1.24. The van der Waals surface area contributed by atoms with Gasteiger partial charge in [-0.2, -0.15) is 0 Å². The lowest BCUT2D eigenvalue weighted by molar-refractivity contribution is -0.120. The highest BCUT2D eigenvalue weighted by Crippen LogP contribution is 2.20. The highest BCUT2D eigenvalue weighted by molar-refractivity contribution is 5.81. The van der Waals surface area contributed by atoms with Crippen LogP contribution in [0.3, 0.4) is 0 Å². The molecule has 3 nitrogen and oxygen atoms in total. The zero-order valence-corrected chi connectivity index (χ0v) is 6.71. The third-order valence-corrected chi connectivity index (χ3v) is 2.04. The van der Waals surface area contributed by atoms with Crippen molar-refractivity contribution in [1.29, 1.82) is 0 Å². The molecule has 12 heavy (non-hydrogen) atoms. The zero-order chi connectivity index (χ0) is 8.39. The monoisotopic (exact) mass is 162 g/mol. The number of rotatable bonds is 0. The van der Waals surface area contributed by atoms with Crippen molar-refractivity contribution in [2.24, 2.45) is 4.99 Å². The fourth-order valence-electron chi connectivity index (χ4n) is 1.38. The van der Waals surface area contributed by atoms with Gasteiger partial charge in [-0.15, -0.1) is 0 Å². The summed E-state index contributed by atoms with van der Waals surface area (Å²) in [5.74, 6) is 0.837. The Morgan fingerprint density at radius 2 is 2.33 bits per heavy atom. The number of allylic oxidation sites excluding steroid dienone is 3. The van der Waals surface area contributed by atoms with Gasteiger partial charge in [-0.3, -0.25) is 4.79 Å². The molecule has 0 bridgehead atoms. The van der Waals surface area contributed by atoms with E-state index in [-0.39, 0.29) is 5.91 Å². The summed E-state index contributed by atoms with van der Waals surface area (Å²) in [7, 11) is 0. The minimum atomic E-state index is 0.0767. The number of aliphatic imine (C=N–C) groups is 1. The SMILES string of the molecule is O=C1CCC2=C(N=CC=CC2)N1. The van der Waals surface area contributed by atoms with Crippen LogP contribution in [0, 0.1) is 0 Å². The van der Waals surface area contributed by atoms with E-state index in [2.05, 4.69) is 16.4 Å². The molecule has 0 atom stereocenters. The molecule has 0 unspecified atom stereocenters. The van der Waals surface area contributed by atoms with Gasteiger partial charge in [0.1, 0.15) is 5.82 Å². The highest BCUT2D eigenvalue weighted by Gasteiger charge is 2.16. The quantitative estimate of drug-likeness (QED) is 0.570. The smallest absolute Gasteiger partial charge is 0.225 e. The van der Waals surface area contributed by atoms with Gasteiger partial charge in [0.2, 0.25) is 5.91 Å². The fraction of sp³-hybridized carbons (Fsp3) is 0.333. The minimum Gasteiger partial charge on any atom is -0.311 e. The number of hydrogen-bond acceptors (Lipinski definition) is 2. The maximum absolute atomic E-state index is 11.0. The maximum atomic E-state index is 11.0. The summed E-state index contributed by atoms with van der Waals surface area (Å²) in [5, 5.41) is 2.76. The average Bonchev–Trinajstić information content (AvgIpc) is 2.28. The Hall–Kier alpha value is -1.38. The average molecular weight is 162 g/mol. The van der Waals surface area contributed by atoms with Gasteiger partial charge < -0.3 is 5.32 Å². The first kappa shape index (κ1) is 7.28. The lowest BCUT2D eigenvalue weighted by Crippen LogP contribution is -2.26. The normalized spacial score (nSPS) is 21.8. The van der Waals surface area contributed by atoms with E-state index in [4.69, 9.17) is 0 Å². The molecule has 2 aliphatic heterocycles. The van der Waals surface area contributed by atoms with Crippen molar-refractivity contribution in [1.82, 2.24) is 5.32 Å². The molecule has 0 aromatic heterocycles. The van der Waals surface area contributed by atoms with Crippen molar-refractivity contribution in [3.05, 3.63) is 23.5 Å². The van der Waals surface area contributed by atoms with Crippen LogP contribution in [-0.4, -0.2) is 12.1 Å². The summed E-state index contributed by atoms with van der Waals surface area (Å²) < 4.78 is 0. The van der Waals surface area contributed by atoms with Crippen LogP contribution in [0.4, 0.5) is 0 Å². The first-order valence-corrected chi connectivity index (χ1v) is 4.07. The Morgan fingerprint density at radius 3 is 3.25 bits per heavy atom. The van der Waals surface area contributed by atoms with Crippen LogP contribution < -0.4 is 5.32 Å². The van der Waals surface area contributed by atoms with Gasteiger partial charge in [0.05, 0.1) is 0 Å². The van der Waals surface area contributed by atoms with Crippen LogP contribution >= 0.6 is 0 Å². The van der Waals surface area contributed by atoms with Crippen molar-refractivity contribution in [3.63, 3.8) is 0 Å². The summed E-state index contributed by atoms with van der Waals surface area (Å²) in [4.78, 5) is 15.1. The van der Waals surface area contributed by atoms with Crippen LogP contribution in [-0.2, 0) is 4.79 Å². The molecule has 0 fully saturated rings. The summed E-state index contributed by atoms with van der Waals surface area (Å²) in [6.07, 6.45) is 8.04. The molecule has 0 spiro atoms. The predicted octanol–water partition coefficient (Wildman–Crippen LogP) is 1.14. The Bertz CT molecular complexity index is 300. The first-order valence-electron chi connectivity index (χ1n) is 4.07. The van der Waals surface area contributed by atoms with E-state index >= 15 is 0 Å². The van der Waals surface area contributed by atoms with Crippen molar-refractivity contribution >= 4 is 12.1 Å².